The Bertz CT molecular complexity index is 765. The van der Waals surface area contributed by atoms with Crippen LogP contribution in [0.1, 0.15) is 31.0 Å². The SMILES string of the molecule is CC(C)N(Cc1ccc(-c2noc(C(F)(F)F)n2)s1)C(=O)CC(F)(F)F. The predicted molar refractivity (Wildman–Crippen MR) is 79.0 cm³/mol. The first-order valence-corrected chi connectivity index (χ1v) is 8.04. The molecule has 2 heterocycles. The van der Waals surface area contributed by atoms with Gasteiger partial charge in [-0.3, -0.25) is 4.79 Å². The van der Waals surface area contributed by atoms with Crippen LogP contribution in [0, 0.1) is 0 Å². The van der Waals surface area contributed by atoms with Crippen LogP contribution >= 0.6 is 11.3 Å². The third-order valence-corrected chi connectivity index (χ3v) is 4.24. The number of carbonyl (C=O) groups excluding carboxylic acids is 1. The predicted octanol–water partition coefficient (Wildman–Crippen LogP) is 4.51. The van der Waals surface area contributed by atoms with Gasteiger partial charge in [0.15, 0.2) is 0 Å². The fourth-order valence-electron chi connectivity index (χ4n) is 2.02. The van der Waals surface area contributed by atoms with E-state index < -0.39 is 36.6 Å². The second kappa shape index (κ2) is 7.25. The van der Waals surface area contributed by atoms with Gasteiger partial charge >= 0.3 is 18.2 Å². The molecule has 0 bridgehead atoms. The van der Waals surface area contributed by atoms with E-state index >= 15 is 0 Å². The van der Waals surface area contributed by atoms with Crippen LogP contribution in [0.5, 0.6) is 0 Å². The zero-order valence-corrected chi connectivity index (χ0v) is 14.3. The van der Waals surface area contributed by atoms with E-state index in [0.717, 1.165) is 16.2 Å². The van der Waals surface area contributed by atoms with Gasteiger partial charge in [-0.25, -0.2) is 0 Å². The van der Waals surface area contributed by atoms with Gasteiger partial charge in [-0.15, -0.1) is 11.3 Å². The Kier molecular flexibility index (Phi) is 5.64. The summed E-state index contributed by atoms with van der Waals surface area (Å²) >= 11 is 0.964. The van der Waals surface area contributed by atoms with E-state index in [4.69, 9.17) is 0 Å². The van der Waals surface area contributed by atoms with E-state index in [-0.39, 0.29) is 17.2 Å². The number of rotatable bonds is 5. The Labute approximate surface area is 147 Å². The van der Waals surface area contributed by atoms with Crippen LogP contribution in [0.2, 0.25) is 0 Å². The van der Waals surface area contributed by atoms with E-state index in [1.165, 1.54) is 12.1 Å². The van der Waals surface area contributed by atoms with E-state index in [0.29, 0.717) is 4.88 Å². The highest BCUT2D eigenvalue weighted by Crippen LogP contribution is 2.32. The minimum absolute atomic E-state index is 0.110. The molecular formula is C14H13F6N3O2S. The first-order valence-electron chi connectivity index (χ1n) is 7.23. The van der Waals surface area contributed by atoms with Crippen molar-refractivity contribution in [2.45, 2.75) is 45.2 Å². The van der Waals surface area contributed by atoms with Crippen LogP contribution in [0.15, 0.2) is 16.7 Å². The topological polar surface area (TPSA) is 59.2 Å². The number of alkyl halides is 6. The van der Waals surface area contributed by atoms with Gasteiger partial charge in [0.2, 0.25) is 11.7 Å². The second-order valence-corrected chi connectivity index (χ2v) is 6.76. The molecule has 12 heteroatoms. The first-order chi connectivity index (χ1) is 11.9. The summed E-state index contributed by atoms with van der Waals surface area (Å²) in [5, 5.41) is 3.24. The third-order valence-electron chi connectivity index (χ3n) is 3.17. The minimum atomic E-state index is -4.77. The largest absolute Gasteiger partial charge is 0.471 e. The maximum Gasteiger partial charge on any atom is 0.471 e. The Morgan fingerprint density at radius 3 is 2.38 bits per heavy atom. The Balaban J connectivity index is 2.15. The molecule has 5 nitrogen and oxygen atoms in total. The van der Waals surface area contributed by atoms with Gasteiger partial charge in [0, 0.05) is 10.9 Å². The average molecular weight is 401 g/mol. The minimum Gasteiger partial charge on any atom is -0.335 e. The molecule has 0 aromatic carbocycles. The lowest BCUT2D eigenvalue weighted by Crippen LogP contribution is -2.38. The molecular weight excluding hydrogens is 388 g/mol. The molecule has 2 rings (SSSR count). The maximum atomic E-state index is 12.5. The molecule has 144 valence electrons. The van der Waals surface area contributed by atoms with Gasteiger partial charge in [-0.2, -0.15) is 31.3 Å². The highest BCUT2D eigenvalue weighted by Gasteiger charge is 2.38. The highest BCUT2D eigenvalue weighted by atomic mass is 32.1. The number of aromatic nitrogens is 2. The second-order valence-electron chi connectivity index (χ2n) is 5.59. The van der Waals surface area contributed by atoms with Gasteiger partial charge in [-0.05, 0) is 26.0 Å². The summed E-state index contributed by atoms with van der Waals surface area (Å²) in [5.41, 5.74) is 0. The molecule has 0 radical (unpaired) electrons. The standard InChI is InChI=1S/C14H13F6N3O2S/c1-7(2)23(10(24)5-13(15,16)17)6-8-3-4-9(26-8)11-21-12(25-22-11)14(18,19)20/h3-4,7H,5-6H2,1-2H3. The van der Waals surface area contributed by atoms with Crippen LogP contribution < -0.4 is 0 Å². The molecule has 2 aromatic heterocycles. The van der Waals surface area contributed by atoms with Crippen molar-refractivity contribution in [1.29, 1.82) is 0 Å². The quantitative estimate of drug-likeness (QED) is 0.692. The lowest BCUT2D eigenvalue weighted by molar-refractivity contribution is -0.163. The molecule has 0 saturated carbocycles. The molecule has 0 aliphatic heterocycles. The highest BCUT2D eigenvalue weighted by molar-refractivity contribution is 7.15. The van der Waals surface area contributed by atoms with Crippen molar-refractivity contribution in [3.63, 3.8) is 0 Å². The van der Waals surface area contributed by atoms with Crippen molar-refractivity contribution in [1.82, 2.24) is 15.0 Å². The average Bonchev–Trinajstić information content (AvgIpc) is 3.10. The normalized spacial score (nSPS) is 12.7. The molecule has 0 saturated heterocycles. The van der Waals surface area contributed by atoms with E-state index in [1.807, 2.05) is 0 Å². The van der Waals surface area contributed by atoms with E-state index in [9.17, 15) is 31.1 Å². The number of amides is 1. The summed E-state index contributed by atoms with van der Waals surface area (Å²) in [7, 11) is 0. The van der Waals surface area contributed by atoms with Crippen LogP contribution in [0.4, 0.5) is 26.3 Å². The number of hydrogen-bond acceptors (Lipinski definition) is 5. The molecule has 26 heavy (non-hydrogen) atoms. The van der Waals surface area contributed by atoms with Gasteiger partial charge in [0.25, 0.3) is 0 Å². The third kappa shape index (κ3) is 5.19. The Morgan fingerprint density at radius 2 is 1.88 bits per heavy atom. The summed E-state index contributed by atoms with van der Waals surface area (Å²) in [6.45, 7) is 3.02. The molecule has 0 fully saturated rings. The summed E-state index contributed by atoms with van der Waals surface area (Å²) in [6, 6.07) is 2.41. The van der Waals surface area contributed by atoms with E-state index in [2.05, 4.69) is 14.7 Å². The number of halogens is 6. The van der Waals surface area contributed by atoms with Gasteiger partial charge in [0.1, 0.15) is 6.42 Å². The first kappa shape index (κ1) is 20.2. The molecule has 0 aliphatic rings. The molecule has 0 aliphatic carbocycles. The summed E-state index contributed by atoms with van der Waals surface area (Å²) in [6.07, 6.45) is -11.0. The number of carbonyl (C=O) groups is 1. The fraction of sp³-hybridized carbons (Fsp3) is 0.500. The molecule has 0 unspecified atom stereocenters. The molecule has 0 atom stereocenters. The van der Waals surface area contributed by atoms with Crippen LogP contribution in [0.3, 0.4) is 0 Å². The molecule has 1 amide bonds. The van der Waals surface area contributed by atoms with Crippen LogP contribution in [-0.2, 0) is 17.5 Å². The molecule has 0 N–H and O–H groups in total. The van der Waals surface area contributed by atoms with Crippen molar-refractivity contribution >= 4 is 17.2 Å². The van der Waals surface area contributed by atoms with Gasteiger partial charge < -0.3 is 9.42 Å². The van der Waals surface area contributed by atoms with Crippen LogP contribution in [0.25, 0.3) is 10.7 Å². The zero-order valence-electron chi connectivity index (χ0n) is 13.5. The Hall–Kier alpha value is -2.11. The number of thiophene rings is 1. The summed E-state index contributed by atoms with van der Waals surface area (Å²) in [4.78, 5) is 16.8. The van der Waals surface area contributed by atoms with Gasteiger partial charge in [0.05, 0.1) is 11.4 Å². The zero-order chi connectivity index (χ0) is 19.7. The van der Waals surface area contributed by atoms with Crippen molar-refractivity contribution in [2.75, 3.05) is 0 Å². The van der Waals surface area contributed by atoms with Crippen molar-refractivity contribution in [2.24, 2.45) is 0 Å². The lowest BCUT2D eigenvalue weighted by atomic mass is 10.2. The van der Waals surface area contributed by atoms with E-state index in [1.54, 1.807) is 13.8 Å². The number of hydrogen-bond donors (Lipinski definition) is 0. The smallest absolute Gasteiger partial charge is 0.335 e. The van der Waals surface area contributed by atoms with Crippen LogP contribution in [-0.4, -0.2) is 33.2 Å². The monoisotopic (exact) mass is 401 g/mol. The fourth-order valence-corrected chi connectivity index (χ4v) is 2.95. The summed E-state index contributed by atoms with van der Waals surface area (Å²) in [5.74, 6) is -2.86. The number of nitrogens with zero attached hydrogens (tertiary/aromatic N) is 3. The molecule has 2 aromatic rings. The van der Waals surface area contributed by atoms with Crippen molar-refractivity contribution in [3.8, 4) is 10.7 Å². The Morgan fingerprint density at radius 1 is 1.23 bits per heavy atom. The summed E-state index contributed by atoms with van der Waals surface area (Å²) < 4.78 is 78.9. The lowest BCUT2D eigenvalue weighted by Gasteiger charge is -2.26. The van der Waals surface area contributed by atoms with Crippen molar-refractivity contribution < 1.29 is 35.7 Å². The van der Waals surface area contributed by atoms with Gasteiger partial charge in [-0.1, -0.05) is 5.16 Å². The molecule has 0 spiro atoms. The maximum absolute atomic E-state index is 12.5. The van der Waals surface area contributed by atoms with Crippen molar-refractivity contribution in [3.05, 3.63) is 22.9 Å².